The van der Waals surface area contributed by atoms with Gasteiger partial charge in [0.2, 0.25) is 0 Å². The molecule has 0 aromatic heterocycles. The summed E-state index contributed by atoms with van der Waals surface area (Å²) in [6.45, 7) is 6.37. The fraction of sp³-hybridized carbons (Fsp3) is 0.625. The van der Waals surface area contributed by atoms with Gasteiger partial charge in [0.15, 0.2) is 0 Å². The monoisotopic (exact) mass is 291 g/mol. The van der Waals surface area contributed by atoms with E-state index in [-0.39, 0.29) is 0 Å². The molecule has 3 N–H and O–H groups in total. The van der Waals surface area contributed by atoms with Crippen LogP contribution in [-0.4, -0.2) is 64.4 Å². The lowest BCUT2D eigenvalue weighted by molar-refractivity contribution is -0.883. The second kappa shape index (κ2) is 6.12. The molecule has 1 atom stereocenters. The summed E-state index contributed by atoms with van der Waals surface area (Å²) in [5, 5.41) is 0. The summed E-state index contributed by atoms with van der Waals surface area (Å²) in [7, 11) is 4.52. The molecule has 0 spiro atoms. The van der Waals surface area contributed by atoms with E-state index in [2.05, 4.69) is 30.0 Å². The number of nitrogens with zero attached hydrogens (tertiary/aromatic N) is 2. The van der Waals surface area contributed by atoms with Crippen LogP contribution in [0.25, 0.3) is 0 Å². The standard InChI is InChI=1S/C16H26N4O/c1-18(2)14-5-6-19(12-14)7-8-20-9-10-21-16-11-13(17)3-4-15(16)20/h3-4,11,14H,5-10,12,17H2,1-2H3/p+1. The smallest absolute Gasteiger partial charge is 0.144 e. The normalized spacial score (nSPS) is 22.4. The number of ether oxygens (including phenoxy) is 1. The van der Waals surface area contributed by atoms with E-state index in [4.69, 9.17) is 10.5 Å². The van der Waals surface area contributed by atoms with E-state index in [0.29, 0.717) is 0 Å². The minimum atomic E-state index is 0.751. The minimum absolute atomic E-state index is 0.751. The third kappa shape index (κ3) is 3.24. The first-order valence-corrected chi connectivity index (χ1v) is 7.93. The summed E-state index contributed by atoms with van der Waals surface area (Å²) >= 11 is 0. The van der Waals surface area contributed by atoms with Gasteiger partial charge in [-0.1, -0.05) is 0 Å². The molecule has 3 rings (SSSR count). The molecular formula is C16H27N4O+. The summed E-state index contributed by atoms with van der Waals surface area (Å²) in [5.41, 5.74) is 7.79. The van der Waals surface area contributed by atoms with Crippen LogP contribution in [0.1, 0.15) is 6.42 Å². The first kappa shape index (κ1) is 14.5. The number of quaternary nitrogens is 1. The van der Waals surface area contributed by atoms with Gasteiger partial charge in [-0.05, 0) is 12.1 Å². The number of nitrogen functional groups attached to an aromatic ring is 1. The van der Waals surface area contributed by atoms with Gasteiger partial charge in [0, 0.05) is 37.8 Å². The lowest BCUT2D eigenvalue weighted by Gasteiger charge is -2.32. The summed E-state index contributed by atoms with van der Waals surface area (Å²) < 4.78 is 5.72. The SMILES string of the molecule is C[NH+](C)C1CCN(CCN2CCOc3cc(N)ccc32)C1. The molecule has 2 heterocycles. The Morgan fingerprint density at radius 3 is 2.90 bits per heavy atom. The van der Waals surface area contributed by atoms with E-state index in [1.807, 2.05) is 12.1 Å². The molecule has 2 aliphatic heterocycles. The third-order valence-corrected chi connectivity index (χ3v) is 4.72. The van der Waals surface area contributed by atoms with Crippen molar-refractivity contribution in [2.24, 2.45) is 0 Å². The van der Waals surface area contributed by atoms with Crippen molar-refractivity contribution in [3.63, 3.8) is 0 Å². The van der Waals surface area contributed by atoms with Crippen molar-refractivity contribution in [3.05, 3.63) is 18.2 Å². The largest absolute Gasteiger partial charge is 0.489 e. The van der Waals surface area contributed by atoms with Crippen LogP contribution in [0.2, 0.25) is 0 Å². The first-order valence-electron chi connectivity index (χ1n) is 7.93. The molecule has 116 valence electrons. The van der Waals surface area contributed by atoms with Gasteiger partial charge in [0.25, 0.3) is 0 Å². The predicted octanol–water partition coefficient (Wildman–Crippen LogP) is -0.314. The van der Waals surface area contributed by atoms with Gasteiger partial charge in [0.05, 0.1) is 32.9 Å². The highest BCUT2D eigenvalue weighted by Crippen LogP contribution is 2.33. The average molecular weight is 291 g/mol. The quantitative estimate of drug-likeness (QED) is 0.747. The molecule has 1 aromatic carbocycles. The lowest BCUT2D eigenvalue weighted by atomic mass is 10.2. The van der Waals surface area contributed by atoms with Gasteiger partial charge in [-0.3, -0.25) is 4.90 Å². The highest BCUT2D eigenvalue weighted by molar-refractivity contribution is 5.65. The van der Waals surface area contributed by atoms with Crippen molar-refractivity contribution in [2.45, 2.75) is 12.5 Å². The van der Waals surface area contributed by atoms with Gasteiger partial charge < -0.3 is 20.3 Å². The van der Waals surface area contributed by atoms with Crippen LogP contribution in [0, 0.1) is 0 Å². The Morgan fingerprint density at radius 2 is 2.14 bits per heavy atom. The zero-order valence-electron chi connectivity index (χ0n) is 13.1. The van der Waals surface area contributed by atoms with Crippen molar-refractivity contribution in [3.8, 4) is 5.75 Å². The molecule has 21 heavy (non-hydrogen) atoms. The molecule has 1 fully saturated rings. The number of likely N-dealkylation sites (tertiary alicyclic amines) is 1. The Hall–Kier alpha value is -1.46. The molecule has 0 bridgehead atoms. The Balaban J connectivity index is 1.58. The summed E-state index contributed by atoms with van der Waals surface area (Å²) in [6, 6.07) is 6.77. The maximum absolute atomic E-state index is 5.84. The Bertz CT molecular complexity index is 491. The Kier molecular flexibility index (Phi) is 4.22. The molecule has 0 aliphatic carbocycles. The zero-order chi connectivity index (χ0) is 14.8. The second-order valence-corrected chi connectivity index (χ2v) is 6.43. The molecule has 2 aliphatic rings. The number of hydrogen-bond donors (Lipinski definition) is 2. The van der Waals surface area contributed by atoms with Crippen LogP contribution < -0.4 is 20.3 Å². The molecule has 0 amide bonds. The van der Waals surface area contributed by atoms with Gasteiger partial charge in [-0.15, -0.1) is 0 Å². The van der Waals surface area contributed by atoms with Crippen LogP contribution in [0.5, 0.6) is 5.75 Å². The summed E-state index contributed by atoms with van der Waals surface area (Å²) in [6.07, 6.45) is 1.32. The highest BCUT2D eigenvalue weighted by atomic mass is 16.5. The molecule has 0 radical (unpaired) electrons. The molecule has 1 aromatic rings. The maximum Gasteiger partial charge on any atom is 0.144 e. The van der Waals surface area contributed by atoms with Crippen molar-refractivity contribution in [1.29, 1.82) is 0 Å². The van der Waals surface area contributed by atoms with E-state index in [9.17, 15) is 0 Å². The molecule has 1 saturated heterocycles. The van der Waals surface area contributed by atoms with Crippen molar-refractivity contribution >= 4 is 11.4 Å². The second-order valence-electron chi connectivity index (χ2n) is 6.43. The number of benzene rings is 1. The van der Waals surface area contributed by atoms with E-state index in [1.54, 1.807) is 4.90 Å². The Labute approximate surface area is 127 Å². The van der Waals surface area contributed by atoms with E-state index in [0.717, 1.165) is 43.7 Å². The van der Waals surface area contributed by atoms with Gasteiger partial charge in [0.1, 0.15) is 18.4 Å². The van der Waals surface area contributed by atoms with Gasteiger partial charge >= 0.3 is 0 Å². The number of nitrogens with one attached hydrogen (secondary N) is 1. The van der Waals surface area contributed by atoms with E-state index < -0.39 is 0 Å². The van der Waals surface area contributed by atoms with E-state index >= 15 is 0 Å². The fourth-order valence-corrected chi connectivity index (χ4v) is 3.30. The molecule has 0 saturated carbocycles. The van der Waals surface area contributed by atoms with Crippen LogP contribution in [0.4, 0.5) is 11.4 Å². The molecule has 5 heteroatoms. The van der Waals surface area contributed by atoms with Crippen LogP contribution in [0.15, 0.2) is 18.2 Å². The number of hydrogen-bond acceptors (Lipinski definition) is 4. The number of nitrogens with two attached hydrogens (primary N) is 1. The number of fused-ring (bicyclic) bond motifs is 1. The first-order chi connectivity index (χ1) is 10.1. The highest BCUT2D eigenvalue weighted by Gasteiger charge is 2.27. The minimum Gasteiger partial charge on any atom is -0.489 e. The van der Waals surface area contributed by atoms with E-state index in [1.165, 1.54) is 25.2 Å². The number of likely N-dealkylation sites (N-methyl/N-ethyl adjacent to an activating group) is 1. The third-order valence-electron chi connectivity index (χ3n) is 4.72. The zero-order valence-corrected chi connectivity index (χ0v) is 13.1. The fourth-order valence-electron chi connectivity index (χ4n) is 3.30. The van der Waals surface area contributed by atoms with Crippen molar-refractivity contribution in [1.82, 2.24) is 4.90 Å². The summed E-state index contributed by atoms with van der Waals surface area (Å²) in [4.78, 5) is 6.59. The van der Waals surface area contributed by atoms with Crippen LogP contribution in [0.3, 0.4) is 0 Å². The number of anilines is 2. The molecular weight excluding hydrogens is 264 g/mol. The average Bonchev–Trinajstić information content (AvgIpc) is 2.93. The Morgan fingerprint density at radius 1 is 1.29 bits per heavy atom. The topological polar surface area (TPSA) is 46.2 Å². The van der Waals surface area contributed by atoms with Crippen molar-refractivity contribution < 1.29 is 9.64 Å². The van der Waals surface area contributed by atoms with Gasteiger partial charge in [-0.2, -0.15) is 0 Å². The van der Waals surface area contributed by atoms with Crippen LogP contribution >= 0.6 is 0 Å². The van der Waals surface area contributed by atoms with Crippen molar-refractivity contribution in [2.75, 3.05) is 64.1 Å². The summed E-state index contributed by atoms with van der Waals surface area (Å²) in [5.74, 6) is 0.929. The van der Waals surface area contributed by atoms with Gasteiger partial charge in [-0.25, -0.2) is 0 Å². The molecule has 1 unspecified atom stereocenters. The molecule has 5 nitrogen and oxygen atoms in total. The number of rotatable bonds is 4. The van der Waals surface area contributed by atoms with Crippen LogP contribution in [-0.2, 0) is 0 Å². The maximum atomic E-state index is 5.84. The predicted molar refractivity (Wildman–Crippen MR) is 86.2 cm³/mol. The lowest BCUT2D eigenvalue weighted by Crippen LogP contribution is -3.10.